The number of halogens is 2. The lowest BCUT2D eigenvalue weighted by Gasteiger charge is -2.29. The molecule has 0 spiro atoms. The number of benzene rings is 2. The second-order valence-electron chi connectivity index (χ2n) is 12.2. The highest BCUT2D eigenvalue weighted by molar-refractivity contribution is 7.20. The molecule has 0 radical (unpaired) electrons. The molecule has 0 N–H and O–H groups in total. The number of hydrogen-bond donors (Lipinski definition) is 0. The smallest absolute Gasteiger partial charge is 0.312 e. The van der Waals surface area contributed by atoms with Crippen molar-refractivity contribution in [3.05, 3.63) is 71.8 Å². The molecular formula is C34H36F2N2O5S. The summed E-state index contributed by atoms with van der Waals surface area (Å²) in [6.07, 6.45) is 8.63. The van der Waals surface area contributed by atoms with Gasteiger partial charge in [0.1, 0.15) is 6.10 Å². The Morgan fingerprint density at radius 1 is 1.11 bits per heavy atom. The molecule has 6 rings (SSSR count). The van der Waals surface area contributed by atoms with Gasteiger partial charge in [-0.05, 0) is 67.9 Å². The molecule has 3 aromatic rings. The van der Waals surface area contributed by atoms with Crippen LogP contribution in [0.3, 0.4) is 0 Å². The number of thiazole rings is 1. The maximum Gasteiger partial charge on any atom is 0.312 e. The van der Waals surface area contributed by atoms with Crippen LogP contribution in [0.4, 0.5) is 8.78 Å². The number of Topliss-reactive ketones (excluding diaryl/α,β-unsaturated/α-hetero) is 1. The van der Waals surface area contributed by atoms with E-state index in [1.165, 1.54) is 24.5 Å². The number of methoxy groups -OCH3 is 1. The van der Waals surface area contributed by atoms with Crippen molar-refractivity contribution in [2.24, 2.45) is 17.3 Å². The zero-order chi connectivity index (χ0) is 30.8. The summed E-state index contributed by atoms with van der Waals surface area (Å²) in [7, 11) is 1.34. The van der Waals surface area contributed by atoms with Crippen molar-refractivity contribution >= 4 is 39.2 Å². The van der Waals surface area contributed by atoms with Crippen molar-refractivity contribution in [1.82, 2.24) is 9.88 Å². The zero-order valence-electron chi connectivity index (χ0n) is 24.7. The summed E-state index contributed by atoms with van der Waals surface area (Å²) in [5.41, 5.74) is 0.415. The minimum Gasteiger partial charge on any atom is -0.469 e. The molecule has 1 saturated carbocycles. The summed E-state index contributed by atoms with van der Waals surface area (Å²) in [6, 6.07) is 10.6. The number of rotatable bonds is 5. The Balaban J connectivity index is 1.30. The first-order chi connectivity index (χ1) is 21.3. The number of para-hydroxylation sites is 1. The van der Waals surface area contributed by atoms with Gasteiger partial charge in [0.2, 0.25) is 5.91 Å². The van der Waals surface area contributed by atoms with Gasteiger partial charge in [-0.3, -0.25) is 14.4 Å². The molecule has 232 valence electrons. The minimum atomic E-state index is -0.954. The standard InChI is InChI=1S/C34H36F2N2O5S/c1-42-32(41)34-18-23(34)10-6-4-2-3-5-9-22(15-21-13-14-25(35)26(36)16-21)31(40)38-20-24(17-28(38)29(39)19-34)43-33-37-27-11-7-8-12-30(27)44-33/h6-8,10-14,16,22-24,28H,2-5,9,15,17-20H2,1H3/b10-6-/t22-,23-,24-,28+,34-/m1/s1. The van der Waals surface area contributed by atoms with Crippen molar-refractivity contribution in [1.29, 1.82) is 0 Å². The first-order valence-electron chi connectivity index (χ1n) is 15.3. The van der Waals surface area contributed by atoms with Crippen LogP contribution in [0.2, 0.25) is 0 Å². The van der Waals surface area contributed by atoms with Gasteiger partial charge in [0, 0.05) is 18.8 Å². The lowest BCUT2D eigenvalue weighted by Crippen LogP contribution is -2.45. The van der Waals surface area contributed by atoms with Crippen LogP contribution < -0.4 is 4.74 Å². The largest absolute Gasteiger partial charge is 0.469 e. The Kier molecular flexibility index (Phi) is 8.80. The lowest BCUT2D eigenvalue weighted by atomic mass is 9.90. The van der Waals surface area contributed by atoms with Crippen LogP contribution in [0.25, 0.3) is 10.2 Å². The molecule has 0 unspecified atom stereocenters. The van der Waals surface area contributed by atoms with Crippen molar-refractivity contribution in [2.45, 2.75) is 69.9 Å². The number of hydrogen-bond acceptors (Lipinski definition) is 7. The first kappa shape index (κ1) is 30.4. The van der Waals surface area contributed by atoms with Crippen LogP contribution in [-0.2, 0) is 25.5 Å². The lowest BCUT2D eigenvalue weighted by molar-refractivity contribution is -0.150. The number of nitrogens with zero attached hydrogens (tertiary/aromatic N) is 2. The quantitative estimate of drug-likeness (QED) is 0.241. The van der Waals surface area contributed by atoms with E-state index < -0.39 is 41.1 Å². The molecule has 2 aliphatic heterocycles. The van der Waals surface area contributed by atoms with Crippen molar-refractivity contribution < 1.29 is 32.6 Å². The van der Waals surface area contributed by atoms with Gasteiger partial charge in [0.15, 0.2) is 17.4 Å². The fourth-order valence-electron chi connectivity index (χ4n) is 6.79. The molecular weight excluding hydrogens is 586 g/mol. The maximum absolute atomic E-state index is 14.3. The predicted octanol–water partition coefficient (Wildman–Crippen LogP) is 6.44. The molecule has 0 bridgehead atoms. The average Bonchev–Trinajstić information content (AvgIpc) is 3.32. The second-order valence-corrected chi connectivity index (χ2v) is 13.2. The Labute approximate surface area is 259 Å². The molecule has 7 nitrogen and oxygen atoms in total. The zero-order valence-corrected chi connectivity index (χ0v) is 25.5. The Morgan fingerprint density at radius 3 is 2.75 bits per heavy atom. The van der Waals surface area contributed by atoms with Gasteiger partial charge < -0.3 is 14.4 Å². The van der Waals surface area contributed by atoms with Crippen molar-refractivity contribution in [3.63, 3.8) is 0 Å². The van der Waals surface area contributed by atoms with E-state index in [4.69, 9.17) is 9.47 Å². The van der Waals surface area contributed by atoms with E-state index in [-0.39, 0.29) is 43.4 Å². The monoisotopic (exact) mass is 622 g/mol. The van der Waals surface area contributed by atoms with Crippen LogP contribution in [0.15, 0.2) is 54.6 Å². The molecule has 44 heavy (non-hydrogen) atoms. The number of allylic oxidation sites excluding steroid dienone is 2. The number of carbonyl (C=O) groups excluding carboxylic acids is 3. The molecule has 3 aliphatic rings. The number of fused-ring (bicyclic) bond motifs is 3. The summed E-state index contributed by atoms with van der Waals surface area (Å²) in [6.45, 7) is 0.188. The fourth-order valence-corrected chi connectivity index (χ4v) is 7.67. The molecule has 1 aromatic heterocycles. The summed E-state index contributed by atoms with van der Waals surface area (Å²) in [5, 5.41) is 0.468. The summed E-state index contributed by atoms with van der Waals surface area (Å²) >= 11 is 1.41. The van der Waals surface area contributed by atoms with Crippen LogP contribution in [-0.4, -0.2) is 53.3 Å². The van der Waals surface area contributed by atoms with E-state index in [1.54, 1.807) is 4.90 Å². The van der Waals surface area contributed by atoms with Crippen LogP contribution in [0, 0.1) is 28.9 Å². The first-order valence-corrected chi connectivity index (χ1v) is 16.1. The number of ether oxygens (including phenoxy) is 2. The van der Waals surface area contributed by atoms with Gasteiger partial charge in [-0.15, -0.1) is 0 Å². The summed E-state index contributed by atoms with van der Waals surface area (Å²) < 4.78 is 40.2. The third-order valence-corrected chi connectivity index (χ3v) is 10.2. The highest BCUT2D eigenvalue weighted by Crippen LogP contribution is 2.57. The molecule has 3 heterocycles. The molecule has 1 saturated heterocycles. The number of amides is 1. The average molecular weight is 623 g/mol. The summed E-state index contributed by atoms with van der Waals surface area (Å²) in [5.74, 6) is -3.31. The van der Waals surface area contributed by atoms with Crippen LogP contribution in [0.1, 0.15) is 56.9 Å². The fraction of sp³-hybridized carbons (Fsp3) is 0.471. The van der Waals surface area contributed by atoms with Crippen molar-refractivity contribution in [3.8, 4) is 5.19 Å². The summed E-state index contributed by atoms with van der Waals surface area (Å²) in [4.78, 5) is 47.5. The number of carbonyl (C=O) groups is 3. The van der Waals surface area contributed by atoms with E-state index in [0.29, 0.717) is 23.6 Å². The van der Waals surface area contributed by atoms with Gasteiger partial charge in [0.25, 0.3) is 5.19 Å². The van der Waals surface area contributed by atoms with Gasteiger partial charge in [-0.25, -0.2) is 13.8 Å². The molecule has 1 aliphatic carbocycles. The normalized spacial score (nSPS) is 28.5. The second kappa shape index (κ2) is 12.8. The molecule has 5 atom stereocenters. The predicted molar refractivity (Wildman–Crippen MR) is 162 cm³/mol. The molecule has 2 aromatic carbocycles. The third-order valence-electron chi connectivity index (χ3n) is 9.28. The highest BCUT2D eigenvalue weighted by Gasteiger charge is 2.61. The number of esters is 1. The van der Waals surface area contributed by atoms with Gasteiger partial charge in [0.05, 0.1) is 35.3 Å². The Hall–Kier alpha value is -3.66. The van der Waals surface area contributed by atoms with Crippen LogP contribution >= 0.6 is 11.3 Å². The van der Waals surface area contributed by atoms with E-state index in [2.05, 4.69) is 11.1 Å². The van der Waals surface area contributed by atoms with Gasteiger partial charge in [-0.1, -0.05) is 54.5 Å². The molecule has 10 heteroatoms. The topological polar surface area (TPSA) is 85.8 Å². The van der Waals surface area contributed by atoms with E-state index in [1.807, 2.05) is 30.3 Å². The molecule has 2 fully saturated rings. The van der Waals surface area contributed by atoms with Gasteiger partial charge >= 0.3 is 5.97 Å². The van der Waals surface area contributed by atoms with Crippen molar-refractivity contribution in [2.75, 3.05) is 13.7 Å². The number of ketones is 1. The van der Waals surface area contributed by atoms with E-state index in [9.17, 15) is 23.2 Å². The molecule has 1 amide bonds. The maximum atomic E-state index is 14.3. The SMILES string of the molecule is COC(=O)[C@]12CC(=O)[C@@H]3C[C@@H](Oc4nc5ccccc5s4)CN3C(=O)[C@@H](Cc3ccc(F)c(F)c3)CCCCC/C=C\[C@@H]1C2. The number of aromatic nitrogens is 1. The Morgan fingerprint density at radius 2 is 1.95 bits per heavy atom. The van der Waals surface area contributed by atoms with Gasteiger partial charge in [-0.2, -0.15) is 0 Å². The Bertz CT molecular complexity index is 1560. The third kappa shape index (κ3) is 6.27. The van der Waals surface area contributed by atoms with E-state index in [0.717, 1.165) is 48.0 Å². The van der Waals surface area contributed by atoms with Crippen LogP contribution in [0.5, 0.6) is 5.19 Å². The minimum absolute atomic E-state index is 0.0230. The van der Waals surface area contributed by atoms with E-state index >= 15 is 0 Å². The highest BCUT2D eigenvalue weighted by atomic mass is 32.1.